The third-order valence-corrected chi connectivity index (χ3v) is 2.00. The molecule has 0 aromatic carbocycles. The van der Waals surface area contributed by atoms with Gasteiger partial charge in [0.05, 0.1) is 12.4 Å². The average molecular weight is 152 g/mol. The minimum atomic E-state index is 0.441. The van der Waals surface area contributed by atoms with Crippen LogP contribution in [0.3, 0.4) is 0 Å². The van der Waals surface area contributed by atoms with Crippen LogP contribution in [0.5, 0.6) is 0 Å². The van der Waals surface area contributed by atoms with E-state index in [9.17, 15) is 0 Å². The molecule has 0 saturated heterocycles. The normalized spacial score (nSPS) is 22.7. The second-order valence-electron chi connectivity index (χ2n) is 2.99. The van der Waals surface area contributed by atoms with Gasteiger partial charge in [0.1, 0.15) is 0 Å². The minimum absolute atomic E-state index is 0.441. The first kappa shape index (κ1) is 8.31. The van der Waals surface area contributed by atoms with E-state index >= 15 is 0 Å². The SMILES string of the molecule is CCCCC1N=CNC=C1C. The van der Waals surface area contributed by atoms with Gasteiger partial charge in [0.15, 0.2) is 0 Å². The first-order chi connectivity index (χ1) is 5.34. The standard InChI is InChI=1S/C9H16N2/c1-3-4-5-9-8(2)6-10-7-11-9/h6-7,9H,3-5H2,1-2H3,(H,10,11). The number of hydrogen-bond donors (Lipinski definition) is 1. The van der Waals surface area contributed by atoms with Crippen LogP contribution in [0.1, 0.15) is 33.1 Å². The van der Waals surface area contributed by atoms with Crippen molar-refractivity contribution in [2.45, 2.75) is 39.2 Å². The number of hydrogen-bond acceptors (Lipinski definition) is 2. The van der Waals surface area contributed by atoms with Crippen LogP contribution in [0.2, 0.25) is 0 Å². The maximum atomic E-state index is 4.34. The van der Waals surface area contributed by atoms with Gasteiger partial charge in [0.2, 0.25) is 0 Å². The Balaban J connectivity index is 2.36. The van der Waals surface area contributed by atoms with Crippen molar-refractivity contribution in [2.24, 2.45) is 4.99 Å². The van der Waals surface area contributed by atoms with Crippen molar-refractivity contribution in [3.05, 3.63) is 11.8 Å². The second-order valence-corrected chi connectivity index (χ2v) is 2.99. The quantitative estimate of drug-likeness (QED) is 0.658. The Bertz CT molecular complexity index is 170. The molecule has 0 radical (unpaired) electrons. The Kier molecular flexibility index (Phi) is 3.14. The van der Waals surface area contributed by atoms with E-state index in [2.05, 4.69) is 24.2 Å². The molecule has 0 saturated carbocycles. The van der Waals surface area contributed by atoms with E-state index in [1.165, 1.54) is 24.8 Å². The van der Waals surface area contributed by atoms with Crippen LogP contribution in [0.25, 0.3) is 0 Å². The summed E-state index contributed by atoms with van der Waals surface area (Å²) in [6.45, 7) is 4.34. The lowest BCUT2D eigenvalue weighted by Gasteiger charge is -2.15. The molecule has 0 aliphatic carbocycles. The van der Waals surface area contributed by atoms with E-state index < -0.39 is 0 Å². The Morgan fingerprint density at radius 2 is 2.45 bits per heavy atom. The molecular weight excluding hydrogens is 136 g/mol. The first-order valence-corrected chi connectivity index (χ1v) is 4.29. The van der Waals surface area contributed by atoms with Crippen LogP contribution >= 0.6 is 0 Å². The number of unbranched alkanes of at least 4 members (excludes halogenated alkanes) is 1. The van der Waals surface area contributed by atoms with E-state index in [0.717, 1.165) is 0 Å². The summed E-state index contributed by atoms with van der Waals surface area (Å²) in [4.78, 5) is 4.34. The fourth-order valence-electron chi connectivity index (χ4n) is 1.22. The predicted octanol–water partition coefficient (Wildman–Crippen LogP) is 2.08. The highest BCUT2D eigenvalue weighted by Crippen LogP contribution is 2.14. The third-order valence-electron chi connectivity index (χ3n) is 2.00. The molecule has 2 nitrogen and oxygen atoms in total. The summed E-state index contributed by atoms with van der Waals surface area (Å²) in [6.07, 6.45) is 7.54. The van der Waals surface area contributed by atoms with Crippen LogP contribution < -0.4 is 5.32 Å². The van der Waals surface area contributed by atoms with E-state index in [-0.39, 0.29) is 0 Å². The molecule has 62 valence electrons. The molecule has 0 spiro atoms. The largest absolute Gasteiger partial charge is 0.353 e. The monoisotopic (exact) mass is 152 g/mol. The predicted molar refractivity (Wildman–Crippen MR) is 48.7 cm³/mol. The van der Waals surface area contributed by atoms with Gasteiger partial charge >= 0.3 is 0 Å². The molecule has 0 amide bonds. The van der Waals surface area contributed by atoms with Crippen molar-refractivity contribution in [3.63, 3.8) is 0 Å². The highest BCUT2D eigenvalue weighted by molar-refractivity contribution is 5.58. The molecule has 11 heavy (non-hydrogen) atoms. The van der Waals surface area contributed by atoms with Crippen LogP contribution in [0.15, 0.2) is 16.8 Å². The molecule has 1 heterocycles. The lowest BCUT2D eigenvalue weighted by atomic mass is 10.0. The van der Waals surface area contributed by atoms with Gasteiger partial charge in [-0.2, -0.15) is 0 Å². The molecular formula is C9H16N2. The Morgan fingerprint density at radius 3 is 3.09 bits per heavy atom. The summed E-state index contributed by atoms with van der Waals surface area (Å²) < 4.78 is 0. The number of nitrogens with zero attached hydrogens (tertiary/aromatic N) is 1. The number of rotatable bonds is 3. The van der Waals surface area contributed by atoms with Gasteiger partial charge in [-0.15, -0.1) is 0 Å². The van der Waals surface area contributed by atoms with E-state index in [1.54, 1.807) is 6.34 Å². The molecule has 0 aromatic heterocycles. The van der Waals surface area contributed by atoms with Crippen LogP contribution in [-0.4, -0.2) is 12.4 Å². The highest BCUT2D eigenvalue weighted by atomic mass is 15.0. The molecule has 2 heteroatoms. The van der Waals surface area contributed by atoms with E-state index in [1.807, 2.05) is 6.20 Å². The number of nitrogens with one attached hydrogen (secondary N) is 1. The molecule has 1 aliphatic heterocycles. The van der Waals surface area contributed by atoms with Gasteiger partial charge in [-0.1, -0.05) is 19.8 Å². The molecule has 1 N–H and O–H groups in total. The number of aliphatic imine (C=N–C) groups is 1. The average Bonchev–Trinajstić information content (AvgIpc) is 2.03. The van der Waals surface area contributed by atoms with Crippen molar-refractivity contribution in [2.75, 3.05) is 0 Å². The first-order valence-electron chi connectivity index (χ1n) is 4.29. The minimum Gasteiger partial charge on any atom is -0.353 e. The van der Waals surface area contributed by atoms with Crippen molar-refractivity contribution in [3.8, 4) is 0 Å². The maximum Gasteiger partial charge on any atom is 0.0870 e. The molecule has 1 aliphatic rings. The van der Waals surface area contributed by atoms with Gasteiger partial charge in [0, 0.05) is 6.20 Å². The molecule has 1 rings (SSSR count). The Hall–Kier alpha value is -0.790. The Labute approximate surface area is 68.4 Å². The van der Waals surface area contributed by atoms with Crippen molar-refractivity contribution >= 4 is 6.34 Å². The maximum absolute atomic E-state index is 4.34. The topological polar surface area (TPSA) is 24.4 Å². The van der Waals surface area contributed by atoms with Crippen LogP contribution in [0.4, 0.5) is 0 Å². The zero-order valence-corrected chi connectivity index (χ0v) is 7.30. The summed E-state index contributed by atoms with van der Waals surface area (Å²) >= 11 is 0. The molecule has 0 aromatic rings. The zero-order valence-electron chi connectivity index (χ0n) is 7.30. The Morgan fingerprint density at radius 1 is 1.64 bits per heavy atom. The molecule has 1 unspecified atom stereocenters. The van der Waals surface area contributed by atoms with Gasteiger partial charge in [0.25, 0.3) is 0 Å². The summed E-state index contributed by atoms with van der Waals surface area (Å²) in [5, 5.41) is 2.99. The smallest absolute Gasteiger partial charge is 0.0870 e. The fraction of sp³-hybridized carbons (Fsp3) is 0.667. The highest BCUT2D eigenvalue weighted by Gasteiger charge is 2.09. The van der Waals surface area contributed by atoms with Crippen LogP contribution in [0, 0.1) is 0 Å². The summed E-state index contributed by atoms with van der Waals surface area (Å²) in [7, 11) is 0. The summed E-state index contributed by atoms with van der Waals surface area (Å²) in [5.41, 5.74) is 1.35. The van der Waals surface area contributed by atoms with Crippen LogP contribution in [-0.2, 0) is 0 Å². The van der Waals surface area contributed by atoms with Crippen molar-refractivity contribution in [1.29, 1.82) is 0 Å². The second kappa shape index (κ2) is 4.16. The van der Waals surface area contributed by atoms with Crippen molar-refractivity contribution in [1.82, 2.24) is 5.32 Å². The molecule has 0 bridgehead atoms. The van der Waals surface area contributed by atoms with E-state index in [0.29, 0.717) is 6.04 Å². The van der Waals surface area contributed by atoms with Gasteiger partial charge in [-0.3, -0.25) is 4.99 Å². The lowest BCUT2D eigenvalue weighted by molar-refractivity contribution is 0.628. The summed E-state index contributed by atoms with van der Waals surface area (Å²) in [6, 6.07) is 0.441. The zero-order chi connectivity index (χ0) is 8.10. The lowest BCUT2D eigenvalue weighted by Crippen LogP contribution is -2.17. The van der Waals surface area contributed by atoms with Gasteiger partial charge in [-0.25, -0.2) is 0 Å². The van der Waals surface area contributed by atoms with E-state index in [4.69, 9.17) is 0 Å². The summed E-state index contributed by atoms with van der Waals surface area (Å²) in [5.74, 6) is 0. The molecule has 1 atom stereocenters. The molecule has 0 fully saturated rings. The fourth-order valence-corrected chi connectivity index (χ4v) is 1.22. The van der Waals surface area contributed by atoms with Crippen molar-refractivity contribution < 1.29 is 0 Å². The van der Waals surface area contributed by atoms with Gasteiger partial charge < -0.3 is 5.32 Å². The van der Waals surface area contributed by atoms with Gasteiger partial charge in [-0.05, 0) is 18.9 Å². The third kappa shape index (κ3) is 2.37.